The molecule has 0 bridgehead atoms. The Balaban J connectivity index is 1.64. The highest BCUT2D eigenvalue weighted by Gasteiger charge is 2.13. The molecule has 9 heteroatoms. The molecule has 2 heterocycles. The summed E-state index contributed by atoms with van der Waals surface area (Å²) >= 11 is 2.75. The minimum Gasteiger partial charge on any atom is -0.301 e. The van der Waals surface area contributed by atoms with Crippen molar-refractivity contribution in [2.75, 3.05) is 11.1 Å². The summed E-state index contributed by atoms with van der Waals surface area (Å²) < 4.78 is 1.53. The van der Waals surface area contributed by atoms with Gasteiger partial charge in [-0.05, 0) is 17.4 Å². The minimum absolute atomic E-state index is 0.133. The molecular formula is C14H14N6OS2. The zero-order valence-corrected chi connectivity index (χ0v) is 14.2. The summed E-state index contributed by atoms with van der Waals surface area (Å²) in [4.78, 5) is 17.6. The Morgan fingerprint density at radius 1 is 1.35 bits per heavy atom. The molecule has 0 atom stereocenters. The lowest BCUT2D eigenvalue weighted by Gasteiger charge is -2.00. The second kappa shape index (κ2) is 6.88. The zero-order valence-electron chi connectivity index (χ0n) is 12.6. The molecule has 1 N–H and O–H groups in total. The first-order chi connectivity index (χ1) is 11.1. The molecule has 1 amide bonds. The van der Waals surface area contributed by atoms with E-state index in [1.807, 2.05) is 37.3 Å². The summed E-state index contributed by atoms with van der Waals surface area (Å²) in [6, 6.07) is 9.91. The van der Waals surface area contributed by atoms with E-state index in [1.54, 1.807) is 7.05 Å². The molecule has 7 nitrogen and oxygen atoms in total. The second-order valence-corrected chi connectivity index (χ2v) is 6.86. The number of hydrogen-bond donors (Lipinski definition) is 1. The van der Waals surface area contributed by atoms with Crippen LogP contribution in [0.3, 0.4) is 0 Å². The van der Waals surface area contributed by atoms with Crippen molar-refractivity contribution in [3.63, 3.8) is 0 Å². The van der Waals surface area contributed by atoms with E-state index < -0.39 is 0 Å². The van der Waals surface area contributed by atoms with Crippen molar-refractivity contribution in [1.82, 2.24) is 25.2 Å². The fourth-order valence-corrected chi connectivity index (χ4v) is 3.44. The van der Waals surface area contributed by atoms with E-state index in [2.05, 4.69) is 25.8 Å². The summed E-state index contributed by atoms with van der Waals surface area (Å²) in [5.74, 6) is 0.0967. The SMILES string of the molecule is Cc1sc(NC(=O)CSc2nnnn2C)nc1-c1ccccc1. The smallest absolute Gasteiger partial charge is 0.236 e. The Kier molecular flexibility index (Phi) is 4.68. The Labute approximate surface area is 141 Å². The van der Waals surface area contributed by atoms with Crippen LogP contribution in [0.25, 0.3) is 11.3 Å². The maximum absolute atomic E-state index is 12.0. The van der Waals surface area contributed by atoms with E-state index in [0.717, 1.165) is 16.1 Å². The van der Waals surface area contributed by atoms with Crippen molar-refractivity contribution >= 4 is 34.1 Å². The van der Waals surface area contributed by atoms with Gasteiger partial charge in [0.25, 0.3) is 0 Å². The van der Waals surface area contributed by atoms with E-state index in [1.165, 1.54) is 27.8 Å². The van der Waals surface area contributed by atoms with Gasteiger partial charge in [-0.15, -0.1) is 16.4 Å². The number of thioether (sulfide) groups is 1. The van der Waals surface area contributed by atoms with Crippen molar-refractivity contribution in [3.8, 4) is 11.3 Å². The van der Waals surface area contributed by atoms with Crippen LogP contribution in [0.1, 0.15) is 4.88 Å². The highest BCUT2D eigenvalue weighted by atomic mass is 32.2. The highest BCUT2D eigenvalue weighted by Crippen LogP contribution is 2.30. The van der Waals surface area contributed by atoms with Gasteiger partial charge in [-0.25, -0.2) is 9.67 Å². The number of carbonyl (C=O) groups excluding carboxylic acids is 1. The van der Waals surface area contributed by atoms with E-state index in [-0.39, 0.29) is 11.7 Å². The minimum atomic E-state index is -0.133. The molecule has 0 spiro atoms. The summed E-state index contributed by atoms with van der Waals surface area (Å²) in [6.45, 7) is 2.00. The van der Waals surface area contributed by atoms with Crippen LogP contribution in [0.4, 0.5) is 5.13 Å². The highest BCUT2D eigenvalue weighted by molar-refractivity contribution is 7.99. The topological polar surface area (TPSA) is 85.6 Å². The van der Waals surface area contributed by atoms with Crippen molar-refractivity contribution < 1.29 is 4.79 Å². The Hall–Kier alpha value is -2.26. The van der Waals surface area contributed by atoms with E-state index in [0.29, 0.717) is 10.3 Å². The van der Waals surface area contributed by atoms with Crippen LogP contribution in [0.2, 0.25) is 0 Å². The first-order valence-electron chi connectivity index (χ1n) is 6.81. The molecule has 2 aromatic heterocycles. The van der Waals surface area contributed by atoms with Crippen molar-refractivity contribution in [2.45, 2.75) is 12.1 Å². The lowest BCUT2D eigenvalue weighted by molar-refractivity contribution is -0.113. The van der Waals surface area contributed by atoms with Gasteiger partial charge in [-0.1, -0.05) is 42.1 Å². The number of rotatable bonds is 5. The van der Waals surface area contributed by atoms with Crippen LogP contribution in [0, 0.1) is 6.92 Å². The van der Waals surface area contributed by atoms with Gasteiger partial charge in [-0.2, -0.15) is 0 Å². The van der Waals surface area contributed by atoms with Crippen molar-refractivity contribution in [3.05, 3.63) is 35.2 Å². The van der Waals surface area contributed by atoms with Gasteiger partial charge in [0, 0.05) is 17.5 Å². The number of benzene rings is 1. The number of nitrogens with one attached hydrogen (secondary N) is 1. The maximum atomic E-state index is 12.0. The molecule has 0 unspecified atom stereocenters. The number of carbonyl (C=O) groups is 1. The number of amides is 1. The average Bonchev–Trinajstić information content (AvgIpc) is 3.12. The van der Waals surface area contributed by atoms with Crippen LogP contribution in [0.5, 0.6) is 0 Å². The third-order valence-corrected chi connectivity index (χ3v) is 4.90. The molecule has 0 saturated carbocycles. The Morgan fingerprint density at radius 2 is 2.13 bits per heavy atom. The van der Waals surface area contributed by atoms with Crippen molar-refractivity contribution in [2.24, 2.45) is 7.05 Å². The molecule has 23 heavy (non-hydrogen) atoms. The molecule has 3 rings (SSSR count). The van der Waals surface area contributed by atoms with Crippen LogP contribution < -0.4 is 5.32 Å². The summed E-state index contributed by atoms with van der Waals surface area (Å²) in [5.41, 5.74) is 1.94. The molecule has 0 fully saturated rings. The largest absolute Gasteiger partial charge is 0.301 e. The van der Waals surface area contributed by atoms with Crippen LogP contribution in [0.15, 0.2) is 35.5 Å². The zero-order chi connectivity index (χ0) is 16.2. The van der Waals surface area contributed by atoms with Gasteiger partial charge < -0.3 is 5.32 Å². The van der Waals surface area contributed by atoms with Crippen LogP contribution >= 0.6 is 23.1 Å². The standard InChI is InChI=1S/C14H14N6OS2/c1-9-12(10-6-4-3-5-7-10)16-13(23-9)15-11(21)8-22-14-17-18-19-20(14)2/h3-7H,8H2,1-2H3,(H,15,16,21). The van der Waals surface area contributed by atoms with Gasteiger partial charge >= 0.3 is 0 Å². The molecule has 0 radical (unpaired) electrons. The van der Waals surface area contributed by atoms with E-state index in [4.69, 9.17) is 0 Å². The van der Waals surface area contributed by atoms with Crippen molar-refractivity contribution in [1.29, 1.82) is 0 Å². The first-order valence-corrected chi connectivity index (χ1v) is 8.61. The van der Waals surface area contributed by atoms with Gasteiger partial charge in [0.05, 0.1) is 11.4 Å². The summed E-state index contributed by atoms with van der Waals surface area (Å²) in [7, 11) is 1.73. The maximum Gasteiger partial charge on any atom is 0.236 e. The number of aromatic nitrogens is 5. The van der Waals surface area contributed by atoms with Gasteiger partial charge in [0.1, 0.15) is 0 Å². The molecule has 3 aromatic rings. The number of nitrogens with zero attached hydrogens (tertiary/aromatic N) is 5. The third-order valence-electron chi connectivity index (χ3n) is 3.00. The summed E-state index contributed by atoms with van der Waals surface area (Å²) in [6.07, 6.45) is 0. The molecule has 0 aliphatic heterocycles. The van der Waals surface area contributed by atoms with E-state index in [9.17, 15) is 4.79 Å². The molecule has 0 aliphatic rings. The number of anilines is 1. The van der Waals surface area contributed by atoms with Crippen LogP contribution in [-0.4, -0.2) is 36.9 Å². The number of thiazole rings is 1. The van der Waals surface area contributed by atoms with Gasteiger partial charge in [-0.3, -0.25) is 4.79 Å². The molecule has 118 valence electrons. The predicted octanol–water partition coefficient (Wildman–Crippen LogP) is 2.37. The third kappa shape index (κ3) is 3.74. The molecule has 0 saturated heterocycles. The second-order valence-electron chi connectivity index (χ2n) is 4.71. The molecule has 0 aliphatic carbocycles. The Morgan fingerprint density at radius 3 is 2.83 bits per heavy atom. The lowest BCUT2D eigenvalue weighted by Crippen LogP contribution is -2.14. The predicted molar refractivity (Wildman–Crippen MR) is 90.4 cm³/mol. The number of tetrazole rings is 1. The normalized spacial score (nSPS) is 10.7. The lowest BCUT2D eigenvalue weighted by atomic mass is 10.1. The molecule has 1 aromatic carbocycles. The van der Waals surface area contributed by atoms with E-state index >= 15 is 0 Å². The van der Waals surface area contributed by atoms with Gasteiger partial charge in [0.15, 0.2) is 5.13 Å². The fourth-order valence-electron chi connectivity index (χ4n) is 1.94. The Bertz CT molecular complexity index is 814. The van der Waals surface area contributed by atoms with Crippen LogP contribution in [-0.2, 0) is 11.8 Å². The monoisotopic (exact) mass is 346 g/mol. The number of aryl methyl sites for hydroxylation is 2. The van der Waals surface area contributed by atoms with Gasteiger partial charge in [0.2, 0.25) is 11.1 Å². The average molecular weight is 346 g/mol. The fraction of sp³-hybridized carbons (Fsp3) is 0.214. The number of hydrogen-bond acceptors (Lipinski definition) is 7. The first kappa shape index (κ1) is 15.6. The summed E-state index contributed by atoms with van der Waals surface area (Å²) in [5, 5.41) is 15.1. The molecular weight excluding hydrogens is 332 g/mol. The quantitative estimate of drug-likeness (QED) is 0.714.